The van der Waals surface area contributed by atoms with Crippen molar-refractivity contribution in [1.29, 1.82) is 0 Å². The molecule has 3 aromatic rings. The minimum atomic E-state index is -0.709. The number of morpholine rings is 1. The molecule has 0 saturated carbocycles. The van der Waals surface area contributed by atoms with Crippen LogP contribution in [0, 0.1) is 5.82 Å². The number of carbonyl (C=O) groups is 1. The summed E-state index contributed by atoms with van der Waals surface area (Å²) in [7, 11) is 0. The molecule has 2 aliphatic heterocycles. The molecule has 0 radical (unpaired) electrons. The minimum absolute atomic E-state index is 0.00424. The summed E-state index contributed by atoms with van der Waals surface area (Å²) in [6, 6.07) is 8.41. The van der Waals surface area contributed by atoms with Gasteiger partial charge in [-0.25, -0.2) is 4.39 Å². The van der Waals surface area contributed by atoms with E-state index in [0.717, 1.165) is 25.7 Å². The van der Waals surface area contributed by atoms with Gasteiger partial charge in [-0.2, -0.15) is 0 Å². The fraction of sp³-hybridized carbons (Fsp3) is 0.379. The summed E-state index contributed by atoms with van der Waals surface area (Å²) in [5, 5.41) is 0.104. The summed E-state index contributed by atoms with van der Waals surface area (Å²) in [6.45, 7) is 10.5. The molecule has 9 heteroatoms. The van der Waals surface area contributed by atoms with Crippen molar-refractivity contribution in [3.8, 4) is 11.5 Å². The van der Waals surface area contributed by atoms with Crippen molar-refractivity contribution in [2.45, 2.75) is 19.4 Å². The number of hydrogen-bond acceptors (Lipinski definition) is 7. The molecule has 1 atom stereocenters. The zero-order valence-corrected chi connectivity index (χ0v) is 21.4. The highest BCUT2D eigenvalue weighted by Crippen LogP contribution is 2.41. The normalized spacial score (nSPS) is 17.6. The van der Waals surface area contributed by atoms with Crippen LogP contribution in [0.15, 0.2) is 58.3 Å². The van der Waals surface area contributed by atoms with E-state index >= 15 is 0 Å². The van der Waals surface area contributed by atoms with Gasteiger partial charge in [-0.1, -0.05) is 18.7 Å². The molecule has 5 rings (SSSR count). The molecule has 0 aliphatic carbocycles. The van der Waals surface area contributed by atoms with Gasteiger partial charge in [0.2, 0.25) is 5.76 Å². The summed E-state index contributed by atoms with van der Waals surface area (Å²) in [5.41, 5.74) is 0.655. The Balaban J connectivity index is 1.56. The zero-order valence-electron chi connectivity index (χ0n) is 21.4. The molecule has 0 bridgehead atoms. The Kier molecular flexibility index (Phi) is 7.76. The third-order valence-corrected chi connectivity index (χ3v) is 6.84. The number of nitrogens with zero attached hydrogens (tertiary/aromatic N) is 2. The van der Waals surface area contributed by atoms with Crippen LogP contribution in [0.2, 0.25) is 0 Å². The number of amides is 1. The van der Waals surface area contributed by atoms with Crippen LogP contribution in [-0.4, -0.2) is 68.3 Å². The average molecular weight is 523 g/mol. The van der Waals surface area contributed by atoms with E-state index in [9.17, 15) is 14.0 Å². The predicted molar refractivity (Wildman–Crippen MR) is 141 cm³/mol. The molecule has 0 N–H and O–H groups in total. The molecule has 1 aromatic heterocycles. The zero-order chi connectivity index (χ0) is 26.6. The van der Waals surface area contributed by atoms with E-state index in [1.165, 1.54) is 12.1 Å². The summed E-state index contributed by atoms with van der Waals surface area (Å²) in [4.78, 5) is 31.3. The van der Waals surface area contributed by atoms with E-state index in [-0.39, 0.29) is 28.2 Å². The Morgan fingerprint density at radius 1 is 1.08 bits per heavy atom. The Morgan fingerprint density at radius 3 is 2.66 bits per heavy atom. The van der Waals surface area contributed by atoms with Crippen molar-refractivity contribution in [3.05, 3.63) is 82.0 Å². The molecular formula is C29H31FN2O6. The second kappa shape index (κ2) is 11.4. The van der Waals surface area contributed by atoms with Gasteiger partial charge in [0.25, 0.3) is 5.91 Å². The molecule has 2 aromatic carbocycles. The molecule has 2 aliphatic rings. The molecule has 3 heterocycles. The number of rotatable bonds is 10. The fourth-order valence-electron chi connectivity index (χ4n) is 5.09. The van der Waals surface area contributed by atoms with Crippen molar-refractivity contribution in [2.75, 3.05) is 52.6 Å². The second-order valence-electron chi connectivity index (χ2n) is 9.26. The lowest BCUT2D eigenvalue weighted by molar-refractivity contribution is 0.0353. The maximum absolute atomic E-state index is 14.1. The summed E-state index contributed by atoms with van der Waals surface area (Å²) in [5.74, 6) is 0.120. The minimum Gasteiger partial charge on any atom is -0.490 e. The summed E-state index contributed by atoms with van der Waals surface area (Å²) in [6.07, 6.45) is 2.35. The molecule has 1 fully saturated rings. The largest absolute Gasteiger partial charge is 0.490 e. The lowest BCUT2D eigenvalue weighted by atomic mass is 9.98. The summed E-state index contributed by atoms with van der Waals surface area (Å²) >= 11 is 0. The van der Waals surface area contributed by atoms with Gasteiger partial charge >= 0.3 is 0 Å². The first-order valence-electron chi connectivity index (χ1n) is 12.9. The van der Waals surface area contributed by atoms with E-state index in [1.54, 1.807) is 23.1 Å². The van der Waals surface area contributed by atoms with Gasteiger partial charge in [0.15, 0.2) is 16.9 Å². The maximum atomic E-state index is 14.1. The first-order valence-corrected chi connectivity index (χ1v) is 12.9. The van der Waals surface area contributed by atoms with Gasteiger partial charge in [0.05, 0.1) is 36.8 Å². The van der Waals surface area contributed by atoms with E-state index in [1.807, 2.05) is 13.0 Å². The predicted octanol–water partition coefficient (Wildman–Crippen LogP) is 4.16. The molecule has 1 unspecified atom stereocenters. The SMILES string of the molecule is C=CCOc1ccc(C2c3c(oc4ccc(F)cc4c3=O)C(=O)N2CCCN2CCOCC2)cc1OCC. The maximum Gasteiger partial charge on any atom is 0.290 e. The number of benzene rings is 2. The van der Waals surface area contributed by atoms with Crippen LogP contribution < -0.4 is 14.9 Å². The van der Waals surface area contributed by atoms with E-state index in [0.29, 0.717) is 56.5 Å². The number of hydrogen-bond donors (Lipinski definition) is 0. The van der Waals surface area contributed by atoms with Crippen LogP contribution in [0.3, 0.4) is 0 Å². The fourth-order valence-corrected chi connectivity index (χ4v) is 5.09. The Labute approximate surface area is 220 Å². The Bertz CT molecular complexity index is 1400. The monoisotopic (exact) mass is 522 g/mol. The van der Waals surface area contributed by atoms with Crippen molar-refractivity contribution < 1.29 is 27.8 Å². The van der Waals surface area contributed by atoms with Crippen molar-refractivity contribution in [2.24, 2.45) is 0 Å². The standard InChI is InChI=1S/C29H31FN2O6/c1-3-14-37-23-8-6-19(17-24(23)36-4-2)26-25-27(33)21-18-20(30)7-9-22(21)38-28(25)29(34)32(26)11-5-10-31-12-15-35-16-13-31/h3,6-9,17-18,26H,1,4-5,10-16H2,2H3. The molecule has 1 amide bonds. The number of ether oxygens (including phenoxy) is 3. The van der Waals surface area contributed by atoms with Gasteiger partial charge in [-0.3, -0.25) is 14.5 Å². The van der Waals surface area contributed by atoms with E-state index < -0.39 is 17.3 Å². The van der Waals surface area contributed by atoms with Crippen LogP contribution in [0.4, 0.5) is 4.39 Å². The number of carbonyl (C=O) groups excluding carboxylic acids is 1. The highest BCUT2D eigenvalue weighted by Gasteiger charge is 2.42. The molecule has 8 nitrogen and oxygen atoms in total. The van der Waals surface area contributed by atoms with Gasteiger partial charge in [0.1, 0.15) is 18.0 Å². The first kappa shape index (κ1) is 25.9. The highest BCUT2D eigenvalue weighted by molar-refractivity contribution is 5.99. The van der Waals surface area contributed by atoms with Crippen LogP contribution in [0.5, 0.6) is 11.5 Å². The number of halogens is 1. The lowest BCUT2D eigenvalue weighted by Gasteiger charge is -2.29. The Morgan fingerprint density at radius 2 is 1.89 bits per heavy atom. The summed E-state index contributed by atoms with van der Waals surface area (Å²) < 4.78 is 37.0. The van der Waals surface area contributed by atoms with Crippen LogP contribution in [0.1, 0.15) is 41.1 Å². The first-order chi connectivity index (χ1) is 18.5. The van der Waals surface area contributed by atoms with Crippen molar-refractivity contribution >= 4 is 16.9 Å². The van der Waals surface area contributed by atoms with Gasteiger partial charge in [-0.05, 0) is 49.2 Å². The van der Waals surface area contributed by atoms with Gasteiger partial charge in [0, 0.05) is 26.2 Å². The van der Waals surface area contributed by atoms with Gasteiger partial charge < -0.3 is 23.5 Å². The second-order valence-corrected chi connectivity index (χ2v) is 9.26. The third kappa shape index (κ3) is 5.04. The van der Waals surface area contributed by atoms with Crippen LogP contribution >= 0.6 is 0 Å². The van der Waals surface area contributed by atoms with Crippen molar-refractivity contribution in [1.82, 2.24) is 9.80 Å². The molecule has 1 saturated heterocycles. The molecular weight excluding hydrogens is 491 g/mol. The topological polar surface area (TPSA) is 81.5 Å². The molecule has 38 heavy (non-hydrogen) atoms. The third-order valence-electron chi connectivity index (χ3n) is 6.84. The molecule has 200 valence electrons. The number of fused-ring (bicyclic) bond motifs is 2. The van der Waals surface area contributed by atoms with E-state index in [4.69, 9.17) is 18.6 Å². The van der Waals surface area contributed by atoms with Gasteiger partial charge in [-0.15, -0.1) is 0 Å². The van der Waals surface area contributed by atoms with E-state index in [2.05, 4.69) is 11.5 Å². The molecule has 0 spiro atoms. The quantitative estimate of drug-likeness (QED) is 0.370. The van der Waals surface area contributed by atoms with Crippen LogP contribution in [-0.2, 0) is 4.74 Å². The highest BCUT2D eigenvalue weighted by atomic mass is 19.1. The lowest BCUT2D eigenvalue weighted by Crippen LogP contribution is -2.38. The smallest absolute Gasteiger partial charge is 0.290 e. The van der Waals surface area contributed by atoms with Crippen molar-refractivity contribution in [3.63, 3.8) is 0 Å². The average Bonchev–Trinajstić information content (AvgIpc) is 3.20. The van der Waals surface area contributed by atoms with Crippen LogP contribution in [0.25, 0.3) is 11.0 Å². The Hall–Kier alpha value is -3.69.